The number of nitrogens with zero attached hydrogens (tertiary/aromatic N) is 4. The third-order valence-electron chi connectivity index (χ3n) is 15.7. The first-order chi connectivity index (χ1) is 30.7. The Morgan fingerprint density at radius 2 is 1.81 bits per heavy atom. The number of carbonyl (C=O) groups excluding carboxylic acids is 1. The SMILES string of the molecule is C[C@H]1C[C@@H](C2=C(CN3CCN(c4ccc(C(=O)NS(=O)(=O)c5ccc(NCC6CC7(CCOCC7)C6)c([N+](=O)[O-])c5)c(Oc5cnc6[nH]ccc6c5)c4)CC3)CCC(C)(C)C2)C2CC21. The molecule has 2 aromatic heterocycles. The maximum Gasteiger partial charge on any atom is 0.293 e. The van der Waals surface area contributed by atoms with Gasteiger partial charge in [0.2, 0.25) is 0 Å². The molecule has 5 fully saturated rings. The number of benzene rings is 2. The van der Waals surface area contributed by atoms with Crippen LogP contribution in [0.15, 0.2) is 77.0 Å². The molecule has 2 saturated heterocycles. The Hall–Kier alpha value is -4.99. The number of hydrogen-bond donors (Lipinski definition) is 3. The molecule has 1 spiro atoms. The minimum absolute atomic E-state index is 0.00506. The Balaban J connectivity index is 0.841. The molecule has 0 radical (unpaired) electrons. The third-order valence-corrected chi connectivity index (χ3v) is 17.0. The van der Waals surface area contributed by atoms with E-state index in [-0.39, 0.29) is 22.7 Å². The van der Waals surface area contributed by atoms with Crippen molar-refractivity contribution in [1.82, 2.24) is 19.6 Å². The van der Waals surface area contributed by atoms with Crippen molar-refractivity contribution in [2.75, 3.05) is 62.7 Å². The predicted molar refractivity (Wildman–Crippen MR) is 246 cm³/mol. The zero-order valence-corrected chi connectivity index (χ0v) is 38.1. The Morgan fingerprint density at radius 1 is 1.02 bits per heavy atom. The minimum Gasteiger partial charge on any atom is -0.455 e. The van der Waals surface area contributed by atoms with E-state index in [2.05, 4.69) is 50.6 Å². The standard InChI is InChI=1S/C49H61N7O7S/c1-31-20-40(41-24-39(31)41)42-27-48(2,3)10-8-34(42)30-54-14-16-55(17-15-54)35-4-6-38(45(22-35)63-36-21-33-9-13-50-46(33)52-29-36)47(57)53-64(60,61)37-5-7-43(44(23-37)56(58)59)51-28-32-25-49(26-32)11-18-62-19-12-49/h4-7,9,13,21-23,29,31-32,39-41,51H,8,10-12,14-20,24-28,30H2,1-3H3,(H,50,52)(H,53,57)/t31-,39?,40+,41?/m0/s1. The van der Waals surface area contributed by atoms with Gasteiger partial charge in [-0.05, 0) is 135 Å². The Kier molecular flexibility index (Phi) is 11.3. The highest BCUT2D eigenvalue weighted by atomic mass is 32.2. The largest absolute Gasteiger partial charge is 0.455 e. The summed E-state index contributed by atoms with van der Waals surface area (Å²) < 4.78 is 41.6. The number of pyridine rings is 1. The van der Waals surface area contributed by atoms with Crippen molar-refractivity contribution in [1.29, 1.82) is 0 Å². The lowest BCUT2D eigenvalue weighted by atomic mass is 9.58. The quantitative estimate of drug-likeness (QED) is 0.0665. The number of aromatic nitrogens is 2. The highest BCUT2D eigenvalue weighted by Gasteiger charge is 2.54. The molecule has 14 nitrogen and oxygen atoms in total. The fourth-order valence-corrected chi connectivity index (χ4v) is 12.9. The lowest BCUT2D eigenvalue weighted by Crippen LogP contribution is -2.47. The number of piperazine rings is 1. The number of carbonyl (C=O) groups is 1. The van der Waals surface area contributed by atoms with Crippen molar-refractivity contribution in [2.45, 2.75) is 83.5 Å². The fraction of sp³-hybridized carbons (Fsp3) is 0.551. The van der Waals surface area contributed by atoms with Crippen LogP contribution in [0.2, 0.25) is 0 Å². The van der Waals surface area contributed by atoms with Crippen LogP contribution in [0, 0.1) is 50.5 Å². The Morgan fingerprint density at radius 3 is 2.55 bits per heavy atom. The number of anilines is 2. The summed E-state index contributed by atoms with van der Waals surface area (Å²) in [6.45, 7) is 13.8. The number of rotatable bonds is 13. The molecule has 0 bridgehead atoms. The molecule has 6 aliphatic rings. The number of nitro benzene ring substituents is 1. The predicted octanol–water partition coefficient (Wildman–Crippen LogP) is 8.92. The van der Waals surface area contributed by atoms with Crippen molar-refractivity contribution < 1.29 is 27.6 Å². The van der Waals surface area contributed by atoms with Crippen molar-refractivity contribution >= 4 is 44.0 Å². The summed E-state index contributed by atoms with van der Waals surface area (Å²) in [5.41, 5.74) is 5.51. The van der Waals surface area contributed by atoms with Crippen LogP contribution < -0.4 is 19.7 Å². The smallest absolute Gasteiger partial charge is 0.293 e. The van der Waals surface area contributed by atoms with Gasteiger partial charge >= 0.3 is 0 Å². The lowest BCUT2D eigenvalue weighted by molar-refractivity contribution is -0.384. The Labute approximate surface area is 375 Å². The number of amides is 1. The second kappa shape index (κ2) is 16.8. The van der Waals surface area contributed by atoms with E-state index in [1.165, 1.54) is 44.2 Å². The van der Waals surface area contributed by atoms with E-state index in [4.69, 9.17) is 9.47 Å². The van der Waals surface area contributed by atoms with Crippen LogP contribution in [0.1, 0.15) is 88.9 Å². The second-order valence-electron chi connectivity index (χ2n) is 20.6. The lowest BCUT2D eigenvalue weighted by Gasteiger charge is -2.50. The van der Waals surface area contributed by atoms with Gasteiger partial charge in [-0.1, -0.05) is 31.9 Å². The van der Waals surface area contributed by atoms with Crippen molar-refractivity contribution in [2.24, 2.45) is 40.4 Å². The molecule has 4 heterocycles. The van der Waals surface area contributed by atoms with E-state index in [1.54, 1.807) is 41.7 Å². The summed E-state index contributed by atoms with van der Waals surface area (Å²) in [5, 5.41) is 16.2. The van der Waals surface area contributed by atoms with E-state index in [0.29, 0.717) is 34.7 Å². The number of sulfonamides is 1. The molecular formula is C49H61N7O7S. The number of hydrogen-bond acceptors (Lipinski definition) is 11. The van der Waals surface area contributed by atoms with E-state index in [0.717, 1.165) is 112 Å². The third kappa shape index (κ3) is 8.74. The zero-order chi connectivity index (χ0) is 44.4. The van der Waals surface area contributed by atoms with Crippen LogP contribution in [0.5, 0.6) is 11.5 Å². The van der Waals surface area contributed by atoms with Gasteiger partial charge in [0.05, 0.1) is 21.6 Å². The van der Waals surface area contributed by atoms with E-state index >= 15 is 0 Å². The zero-order valence-electron chi connectivity index (χ0n) is 37.2. The van der Waals surface area contributed by atoms with Crippen LogP contribution in [-0.2, 0) is 14.8 Å². The van der Waals surface area contributed by atoms with Gasteiger partial charge in [-0.15, -0.1) is 0 Å². The molecule has 2 aliphatic heterocycles. The van der Waals surface area contributed by atoms with Crippen LogP contribution in [0.3, 0.4) is 0 Å². The first-order valence-corrected chi connectivity index (χ1v) is 24.8. The molecule has 10 rings (SSSR count). The molecule has 1 amide bonds. The van der Waals surface area contributed by atoms with Crippen LogP contribution >= 0.6 is 0 Å². The summed E-state index contributed by atoms with van der Waals surface area (Å²) in [5.74, 6) is 3.44. The van der Waals surface area contributed by atoms with Crippen LogP contribution in [0.4, 0.5) is 17.1 Å². The van der Waals surface area contributed by atoms with E-state index in [9.17, 15) is 23.3 Å². The molecule has 4 aromatic rings. The van der Waals surface area contributed by atoms with Gasteiger partial charge in [-0.2, -0.15) is 0 Å². The van der Waals surface area contributed by atoms with Gasteiger partial charge in [0.15, 0.2) is 0 Å². The molecule has 3 N–H and O–H groups in total. The number of ether oxygens (including phenoxy) is 2. The molecule has 15 heteroatoms. The van der Waals surface area contributed by atoms with E-state index < -0.39 is 25.7 Å². The second-order valence-corrected chi connectivity index (χ2v) is 22.3. The number of allylic oxidation sites excluding steroid dienone is 1. The van der Waals surface area contributed by atoms with Crippen LogP contribution in [0.25, 0.3) is 11.0 Å². The molecule has 2 unspecified atom stereocenters. The number of nitro groups is 1. The maximum absolute atomic E-state index is 14.0. The van der Waals surface area contributed by atoms with Gasteiger partial charge in [0, 0.05) is 81.9 Å². The van der Waals surface area contributed by atoms with Gasteiger partial charge in [-0.25, -0.2) is 18.1 Å². The summed E-state index contributed by atoms with van der Waals surface area (Å²) in [6, 6.07) is 12.5. The monoisotopic (exact) mass is 891 g/mol. The van der Waals surface area contributed by atoms with Crippen LogP contribution in [-0.4, -0.2) is 86.6 Å². The van der Waals surface area contributed by atoms with Gasteiger partial charge < -0.3 is 24.7 Å². The number of H-pyrrole nitrogens is 1. The highest BCUT2D eigenvalue weighted by Crippen LogP contribution is 2.62. The molecule has 340 valence electrons. The van der Waals surface area contributed by atoms with Crippen molar-refractivity contribution in [3.8, 4) is 11.5 Å². The first kappa shape index (κ1) is 42.9. The Bertz CT molecular complexity index is 2590. The van der Waals surface area contributed by atoms with Crippen molar-refractivity contribution in [3.05, 3.63) is 87.7 Å². The average Bonchev–Trinajstić information content (AvgIpc) is 3.81. The number of nitrogens with one attached hydrogen (secondary N) is 3. The van der Waals surface area contributed by atoms with Gasteiger partial charge in [-0.3, -0.25) is 19.8 Å². The van der Waals surface area contributed by atoms with E-state index in [1.807, 2.05) is 12.1 Å². The normalized spacial score (nSPS) is 25.5. The fourth-order valence-electron chi connectivity index (χ4n) is 12.0. The minimum atomic E-state index is -4.54. The topological polar surface area (TPSA) is 172 Å². The highest BCUT2D eigenvalue weighted by molar-refractivity contribution is 7.90. The first-order valence-electron chi connectivity index (χ1n) is 23.3. The molecule has 4 aliphatic carbocycles. The van der Waals surface area contributed by atoms with Gasteiger partial charge in [0.1, 0.15) is 22.8 Å². The number of fused-ring (bicyclic) bond motifs is 2. The summed E-state index contributed by atoms with van der Waals surface area (Å²) in [7, 11) is -4.54. The molecule has 3 saturated carbocycles. The molecule has 2 aromatic carbocycles. The summed E-state index contributed by atoms with van der Waals surface area (Å²) in [4.78, 5) is 37.6. The maximum atomic E-state index is 14.0. The molecular weight excluding hydrogens is 831 g/mol. The van der Waals surface area contributed by atoms with Gasteiger partial charge in [0.25, 0.3) is 21.6 Å². The summed E-state index contributed by atoms with van der Waals surface area (Å²) >= 11 is 0. The number of aromatic amines is 1. The van der Waals surface area contributed by atoms with Crippen molar-refractivity contribution in [3.63, 3.8) is 0 Å². The summed E-state index contributed by atoms with van der Waals surface area (Å²) in [6.07, 6.45) is 13.9. The molecule has 64 heavy (non-hydrogen) atoms. The molecule has 4 atom stereocenters. The average molecular weight is 892 g/mol.